The number of benzene rings is 3. The van der Waals surface area contributed by atoms with E-state index in [0.717, 1.165) is 10.0 Å². The molecule has 1 aliphatic heterocycles. The van der Waals surface area contributed by atoms with Gasteiger partial charge in [0.05, 0.1) is 17.1 Å². The molecule has 0 saturated carbocycles. The lowest BCUT2D eigenvalue weighted by Crippen LogP contribution is -2.32. The van der Waals surface area contributed by atoms with E-state index in [0.29, 0.717) is 12.4 Å². The van der Waals surface area contributed by atoms with Gasteiger partial charge in [-0.3, -0.25) is 4.84 Å². The Labute approximate surface area is 211 Å². The van der Waals surface area contributed by atoms with Crippen molar-refractivity contribution < 1.29 is 32.3 Å². The Morgan fingerprint density at radius 1 is 1.00 bits per heavy atom. The summed E-state index contributed by atoms with van der Waals surface area (Å²) in [7, 11) is -4.28. The second kappa shape index (κ2) is 10.7. The normalized spacial score (nSPS) is 15.2. The molecule has 1 fully saturated rings. The fraction of sp³-hybridized carbons (Fsp3) is 0.296. The number of rotatable bonds is 10. The third-order valence-electron chi connectivity index (χ3n) is 5.07. The molecule has 0 aromatic heterocycles. The van der Waals surface area contributed by atoms with E-state index in [1.165, 1.54) is 24.3 Å². The van der Waals surface area contributed by atoms with Gasteiger partial charge in [0.25, 0.3) is 10.0 Å². The molecule has 0 bridgehead atoms. The zero-order valence-corrected chi connectivity index (χ0v) is 21.2. The molecule has 1 aliphatic rings. The highest BCUT2D eigenvalue weighted by molar-refractivity contribution is 7.92. The molecule has 0 unspecified atom stereocenters. The van der Waals surface area contributed by atoms with Crippen molar-refractivity contribution in [1.82, 2.24) is 0 Å². The van der Waals surface area contributed by atoms with Crippen LogP contribution in [0.2, 0.25) is 0 Å². The maximum absolute atomic E-state index is 13.9. The first-order valence-electron chi connectivity index (χ1n) is 11.5. The Morgan fingerprint density at radius 3 is 2.39 bits per heavy atom. The van der Waals surface area contributed by atoms with Crippen LogP contribution in [0.25, 0.3) is 0 Å². The maximum atomic E-state index is 13.9. The monoisotopic (exact) mass is 511 g/mol. The second-order valence-electron chi connectivity index (χ2n) is 9.26. The lowest BCUT2D eigenvalue weighted by atomic mass is 10.2. The molecule has 0 radical (unpaired) electrons. The van der Waals surface area contributed by atoms with Gasteiger partial charge in [-0.05, 0) is 56.7 Å². The maximum Gasteiger partial charge on any atom is 0.338 e. The number of ether oxygens (including phenoxy) is 3. The molecule has 36 heavy (non-hydrogen) atoms. The van der Waals surface area contributed by atoms with Crippen LogP contribution in [-0.2, 0) is 30.9 Å². The lowest BCUT2D eigenvalue weighted by Gasteiger charge is -2.25. The summed E-state index contributed by atoms with van der Waals surface area (Å²) >= 11 is 0. The molecule has 0 N–H and O–H groups in total. The molecule has 1 atom stereocenters. The summed E-state index contributed by atoms with van der Waals surface area (Å²) < 4.78 is 45.1. The number of sulfonamides is 1. The number of anilines is 1. The number of hydrogen-bond acceptors (Lipinski definition) is 7. The molecule has 0 spiro atoms. The van der Waals surface area contributed by atoms with Gasteiger partial charge in [0.15, 0.2) is 0 Å². The van der Waals surface area contributed by atoms with Crippen LogP contribution in [0.15, 0.2) is 83.8 Å². The van der Waals surface area contributed by atoms with Gasteiger partial charge >= 0.3 is 5.97 Å². The van der Waals surface area contributed by atoms with Gasteiger partial charge in [0, 0.05) is 0 Å². The van der Waals surface area contributed by atoms with E-state index < -0.39 is 21.6 Å². The minimum absolute atomic E-state index is 0.00804. The first kappa shape index (κ1) is 25.7. The van der Waals surface area contributed by atoms with Crippen LogP contribution in [0.4, 0.5) is 5.69 Å². The fourth-order valence-corrected chi connectivity index (χ4v) is 4.59. The van der Waals surface area contributed by atoms with Gasteiger partial charge in [0.2, 0.25) is 0 Å². The third kappa shape index (κ3) is 6.63. The number of carbonyl (C=O) groups is 1. The molecule has 3 aromatic rings. The van der Waals surface area contributed by atoms with Crippen molar-refractivity contribution in [2.45, 2.75) is 44.0 Å². The van der Waals surface area contributed by atoms with E-state index in [4.69, 9.17) is 19.0 Å². The van der Waals surface area contributed by atoms with Crippen LogP contribution in [0.3, 0.4) is 0 Å². The molecular formula is C27H29NO7S. The van der Waals surface area contributed by atoms with E-state index >= 15 is 0 Å². The van der Waals surface area contributed by atoms with Gasteiger partial charge < -0.3 is 14.2 Å². The quantitative estimate of drug-likeness (QED) is 0.220. The minimum Gasteiger partial charge on any atom is -0.488 e. The summed E-state index contributed by atoms with van der Waals surface area (Å²) in [5, 5.41) is 0. The molecule has 9 heteroatoms. The molecule has 4 rings (SSSR count). The SMILES string of the molecule is CC(C)(C)OC(=O)c1cccc(S(=O)(=O)N(OCc2ccccc2)c2ccccc2OC[C@@H]2CO2)c1. The molecule has 8 nitrogen and oxygen atoms in total. The van der Waals surface area contributed by atoms with Crippen molar-refractivity contribution in [2.75, 3.05) is 17.7 Å². The van der Waals surface area contributed by atoms with Crippen molar-refractivity contribution in [1.29, 1.82) is 0 Å². The van der Waals surface area contributed by atoms with Crippen molar-refractivity contribution in [2.24, 2.45) is 0 Å². The average molecular weight is 512 g/mol. The molecule has 0 aliphatic carbocycles. The van der Waals surface area contributed by atoms with Gasteiger partial charge in [0.1, 0.15) is 36.4 Å². The van der Waals surface area contributed by atoms with Crippen LogP contribution < -0.4 is 9.21 Å². The molecule has 190 valence electrons. The molecule has 0 amide bonds. The van der Waals surface area contributed by atoms with Crippen molar-refractivity contribution in [3.05, 3.63) is 90.0 Å². The first-order valence-corrected chi connectivity index (χ1v) is 13.0. The Morgan fingerprint density at radius 2 is 1.69 bits per heavy atom. The first-order chi connectivity index (χ1) is 17.1. The largest absolute Gasteiger partial charge is 0.488 e. The van der Waals surface area contributed by atoms with Crippen molar-refractivity contribution >= 4 is 21.7 Å². The molecule has 1 saturated heterocycles. The fourth-order valence-electron chi connectivity index (χ4n) is 3.27. The number of esters is 1. The van der Waals surface area contributed by atoms with Gasteiger partial charge in [-0.1, -0.05) is 48.5 Å². The van der Waals surface area contributed by atoms with Crippen molar-refractivity contribution in [3.8, 4) is 5.75 Å². The highest BCUT2D eigenvalue weighted by Gasteiger charge is 2.31. The predicted octanol–water partition coefficient (Wildman–Crippen LogP) is 4.75. The summed E-state index contributed by atoms with van der Waals surface area (Å²) in [5.41, 5.74) is 0.379. The summed E-state index contributed by atoms with van der Waals surface area (Å²) in [6.07, 6.45) is -0.0149. The highest BCUT2D eigenvalue weighted by Crippen LogP contribution is 2.34. The second-order valence-corrected chi connectivity index (χ2v) is 11.0. The number of carbonyl (C=O) groups excluding carboxylic acids is 1. The van der Waals surface area contributed by atoms with Crippen LogP contribution in [0.5, 0.6) is 5.75 Å². The van der Waals surface area contributed by atoms with Crippen molar-refractivity contribution in [3.63, 3.8) is 0 Å². The number of hydrogen-bond donors (Lipinski definition) is 0. The zero-order valence-electron chi connectivity index (χ0n) is 20.4. The minimum atomic E-state index is -4.28. The number of epoxide rings is 1. The lowest BCUT2D eigenvalue weighted by molar-refractivity contribution is 0.00692. The van der Waals surface area contributed by atoms with E-state index in [9.17, 15) is 13.2 Å². The zero-order chi connectivity index (χ0) is 25.8. The van der Waals surface area contributed by atoms with E-state index in [1.54, 1.807) is 45.0 Å². The Bertz CT molecular complexity index is 1300. The predicted molar refractivity (Wildman–Crippen MR) is 134 cm³/mol. The third-order valence-corrected chi connectivity index (χ3v) is 6.65. The summed E-state index contributed by atoms with van der Waals surface area (Å²) in [6, 6.07) is 21.6. The molecular weight excluding hydrogens is 482 g/mol. The standard InChI is InChI=1S/C27H29NO7S/c1-27(2,3)35-26(29)21-12-9-13-23(16-21)36(30,31)28(34-17-20-10-5-4-6-11-20)24-14-7-8-15-25(24)33-19-22-18-32-22/h4-16,22H,17-19H2,1-3H3/t22-/m0/s1. The van der Waals surface area contributed by atoms with E-state index in [-0.39, 0.29) is 35.5 Å². The van der Waals surface area contributed by atoms with Crippen LogP contribution in [0.1, 0.15) is 36.7 Å². The Hall–Kier alpha value is -3.40. The van der Waals surface area contributed by atoms with Crippen LogP contribution in [0, 0.1) is 0 Å². The van der Waals surface area contributed by atoms with Crippen LogP contribution >= 0.6 is 0 Å². The van der Waals surface area contributed by atoms with E-state index in [1.807, 2.05) is 30.3 Å². The smallest absolute Gasteiger partial charge is 0.338 e. The van der Waals surface area contributed by atoms with E-state index in [2.05, 4.69) is 0 Å². The topological polar surface area (TPSA) is 94.7 Å². The van der Waals surface area contributed by atoms with Gasteiger partial charge in [-0.15, -0.1) is 4.47 Å². The molecule has 3 aromatic carbocycles. The average Bonchev–Trinajstić information content (AvgIpc) is 3.68. The number of nitrogens with zero attached hydrogens (tertiary/aromatic N) is 1. The Kier molecular flexibility index (Phi) is 7.63. The van der Waals surface area contributed by atoms with Gasteiger partial charge in [-0.2, -0.15) is 8.42 Å². The van der Waals surface area contributed by atoms with Gasteiger partial charge in [-0.25, -0.2) is 4.79 Å². The summed E-state index contributed by atoms with van der Waals surface area (Å²) in [6.45, 7) is 6.12. The summed E-state index contributed by atoms with van der Waals surface area (Å²) in [5.74, 6) is -0.294. The summed E-state index contributed by atoms with van der Waals surface area (Å²) in [4.78, 5) is 18.4. The molecule has 1 heterocycles. The highest BCUT2D eigenvalue weighted by atomic mass is 32.2. The Balaban J connectivity index is 1.69. The van der Waals surface area contributed by atoms with Crippen LogP contribution in [-0.4, -0.2) is 39.3 Å². The number of para-hydroxylation sites is 2.